The standard InChI is InChI=1S/C19H24FN/c1-3-13-21-19(14-15-9-11-17(20)12-10-15)18-8-6-5-7-16(18)4-2/h5-12,19,21H,3-4,13-14H2,1-2H3. The van der Waals surface area contributed by atoms with Gasteiger partial charge in [0.2, 0.25) is 0 Å². The SMILES string of the molecule is CCCNC(Cc1ccc(F)cc1)c1ccccc1CC. The first kappa shape index (κ1) is 15.7. The average Bonchev–Trinajstić information content (AvgIpc) is 2.53. The van der Waals surface area contributed by atoms with Crippen molar-refractivity contribution in [1.82, 2.24) is 5.32 Å². The van der Waals surface area contributed by atoms with Gasteiger partial charge in [0.15, 0.2) is 0 Å². The quantitative estimate of drug-likeness (QED) is 0.779. The highest BCUT2D eigenvalue weighted by Crippen LogP contribution is 2.23. The molecule has 0 aliphatic carbocycles. The zero-order valence-corrected chi connectivity index (χ0v) is 12.9. The molecular formula is C19H24FN. The van der Waals surface area contributed by atoms with Gasteiger partial charge in [-0.3, -0.25) is 0 Å². The Labute approximate surface area is 127 Å². The van der Waals surface area contributed by atoms with E-state index >= 15 is 0 Å². The summed E-state index contributed by atoms with van der Waals surface area (Å²) in [5.74, 6) is -0.175. The Morgan fingerprint density at radius 3 is 2.38 bits per heavy atom. The summed E-state index contributed by atoms with van der Waals surface area (Å²) in [5.41, 5.74) is 3.90. The molecule has 0 spiro atoms. The van der Waals surface area contributed by atoms with Crippen LogP contribution in [0.3, 0.4) is 0 Å². The molecule has 2 rings (SSSR count). The zero-order chi connectivity index (χ0) is 15.1. The molecule has 0 fully saturated rings. The number of nitrogens with one attached hydrogen (secondary N) is 1. The number of benzene rings is 2. The molecular weight excluding hydrogens is 261 g/mol. The first-order valence-corrected chi connectivity index (χ1v) is 7.80. The first-order chi connectivity index (χ1) is 10.2. The van der Waals surface area contributed by atoms with Crippen molar-refractivity contribution in [2.75, 3.05) is 6.54 Å². The molecule has 0 saturated heterocycles. The third-order valence-corrected chi connectivity index (χ3v) is 3.81. The van der Waals surface area contributed by atoms with Gasteiger partial charge in [0.1, 0.15) is 5.82 Å². The molecule has 1 unspecified atom stereocenters. The van der Waals surface area contributed by atoms with Gasteiger partial charge in [-0.1, -0.05) is 50.2 Å². The number of hydrogen-bond donors (Lipinski definition) is 1. The normalized spacial score (nSPS) is 12.3. The summed E-state index contributed by atoms with van der Waals surface area (Å²) in [6.45, 7) is 5.35. The van der Waals surface area contributed by atoms with Crippen LogP contribution in [0.1, 0.15) is 43.0 Å². The van der Waals surface area contributed by atoms with Crippen LogP contribution in [0.5, 0.6) is 0 Å². The lowest BCUT2D eigenvalue weighted by molar-refractivity contribution is 0.525. The number of rotatable bonds is 7. The molecule has 0 amide bonds. The summed E-state index contributed by atoms with van der Waals surface area (Å²) >= 11 is 0. The van der Waals surface area contributed by atoms with Crippen LogP contribution in [0.25, 0.3) is 0 Å². The Morgan fingerprint density at radius 1 is 1.00 bits per heavy atom. The van der Waals surface area contributed by atoms with Crippen molar-refractivity contribution in [1.29, 1.82) is 0 Å². The van der Waals surface area contributed by atoms with E-state index in [0.717, 1.165) is 31.4 Å². The van der Waals surface area contributed by atoms with Crippen LogP contribution in [-0.2, 0) is 12.8 Å². The van der Waals surface area contributed by atoms with E-state index in [1.807, 2.05) is 12.1 Å². The molecule has 2 heteroatoms. The van der Waals surface area contributed by atoms with Gasteiger partial charge in [-0.05, 0) is 54.6 Å². The number of halogens is 1. The highest BCUT2D eigenvalue weighted by atomic mass is 19.1. The molecule has 0 saturated carbocycles. The van der Waals surface area contributed by atoms with E-state index in [9.17, 15) is 4.39 Å². The molecule has 21 heavy (non-hydrogen) atoms. The van der Waals surface area contributed by atoms with Crippen molar-refractivity contribution in [3.8, 4) is 0 Å². The molecule has 2 aromatic carbocycles. The molecule has 0 radical (unpaired) electrons. The van der Waals surface area contributed by atoms with Gasteiger partial charge in [-0.25, -0.2) is 4.39 Å². The van der Waals surface area contributed by atoms with E-state index < -0.39 is 0 Å². The molecule has 0 aliphatic heterocycles. The Hall–Kier alpha value is -1.67. The number of aryl methyl sites for hydroxylation is 1. The largest absolute Gasteiger partial charge is 0.310 e. The molecule has 0 aromatic heterocycles. The fraction of sp³-hybridized carbons (Fsp3) is 0.368. The minimum absolute atomic E-state index is 0.175. The fourth-order valence-corrected chi connectivity index (χ4v) is 2.66. The lowest BCUT2D eigenvalue weighted by Crippen LogP contribution is -2.25. The molecule has 1 atom stereocenters. The Kier molecular flexibility index (Phi) is 5.94. The summed E-state index contributed by atoms with van der Waals surface area (Å²) in [6.07, 6.45) is 3.02. The number of hydrogen-bond acceptors (Lipinski definition) is 1. The summed E-state index contributed by atoms with van der Waals surface area (Å²) in [6, 6.07) is 15.7. The maximum absolute atomic E-state index is 13.1. The molecule has 0 aliphatic rings. The molecule has 1 nitrogen and oxygen atoms in total. The van der Waals surface area contributed by atoms with E-state index in [4.69, 9.17) is 0 Å². The van der Waals surface area contributed by atoms with Crippen molar-refractivity contribution in [2.45, 2.75) is 39.2 Å². The van der Waals surface area contributed by atoms with E-state index in [2.05, 4.69) is 43.4 Å². The summed E-state index contributed by atoms with van der Waals surface area (Å²) in [7, 11) is 0. The van der Waals surface area contributed by atoms with Gasteiger partial charge < -0.3 is 5.32 Å². The molecule has 0 bridgehead atoms. The van der Waals surface area contributed by atoms with Crippen molar-refractivity contribution >= 4 is 0 Å². The summed E-state index contributed by atoms with van der Waals surface area (Å²) in [4.78, 5) is 0. The van der Waals surface area contributed by atoms with Gasteiger partial charge in [0.25, 0.3) is 0 Å². The van der Waals surface area contributed by atoms with E-state index in [-0.39, 0.29) is 11.9 Å². The molecule has 1 N–H and O–H groups in total. The van der Waals surface area contributed by atoms with Gasteiger partial charge in [0, 0.05) is 6.04 Å². The van der Waals surface area contributed by atoms with Crippen molar-refractivity contribution in [3.05, 3.63) is 71.0 Å². The van der Waals surface area contributed by atoms with Crippen LogP contribution in [0, 0.1) is 5.82 Å². The van der Waals surface area contributed by atoms with Crippen LogP contribution >= 0.6 is 0 Å². The van der Waals surface area contributed by atoms with Gasteiger partial charge in [0.05, 0.1) is 0 Å². The fourth-order valence-electron chi connectivity index (χ4n) is 2.66. The average molecular weight is 285 g/mol. The molecule has 112 valence electrons. The van der Waals surface area contributed by atoms with Crippen LogP contribution in [-0.4, -0.2) is 6.54 Å². The van der Waals surface area contributed by atoms with Gasteiger partial charge >= 0.3 is 0 Å². The third-order valence-electron chi connectivity index (χ3n) is 3.81. The van der Waals surface area contributed by atoms with Crippen molar-refractivity contribution in [2.24, 2.45) is 0 Å². The Balaban J connectivity index is 2.23. The summed E-state index contributed by atoms with van der Waals surface area (Å²) in [5, 5.41) is 3.63. The smallest absolute Gasteiger partial charge is 0.123 e. The zero-order valence-electron chi connectivity index (χ0n) is 12.9. The van der Waals surface area contributed by atoms with Crippen LogP contribution < -0.4 is 5.32 Å². The Bertz CT molecular complexity index is 548. The predicted molar refractivity (Wildman–Crippen MR) is 87.0 cm³/mol. The van der Waals surface area contributed by atoms with E-state index in [1.165, 1.54) is 23.3 Å². The lowest BCUT2D eigenvalue weighted by atomic mass is 9.93. The maximum Gasteiger partial charge on any atom is 0.123 e. The van der Waals surface area contributed by atoms with E-state index in [0.29, 0.717) is 0 Å². The Morgan fingerprint density at radius 2 is 1.71 bits per heavy atom. The second kappa shape index (κ2) is 7.94. The van der Waals surface area contributed by atoms with Crippen LogP contribution in [0.2, 0.25) is 0 Å². The van der Waals surface area contributed by atoms with Crippen LogP contribution in [0.4, 0.5) is 4.39 Å². The predicted octanol–water partition coefficient (Wildman–Crippen LogP) is 4.67. The van der Waals surface area contributed by atoms with E-state index in [1.54, 1.807) is 0 Å². The first-order valence-electron chi connectivity index (χ1n) is 7.80. The second-order valence-electron chi connectivity index (χ2n) is 5.39. The second-order valence-corrected chi connectivity index (χ2v) is 5.39. The van der Waals surface area contributed by atoms with Crippen molar-refractivity contribution < 1.29 is 4.39 Å². The van der Waals surface area contributed by atoms with Gasteiger partial charge in [-0.15, -0.1) is 0 Å². The highest BCUT2D eigenvalue weighted by Gasteiger charge is 2.14. The van der Waals surface area contributed by atoms with Gasteiger partial charge in [-0.2, -0.15) is 0 Å². The minimum atomic E-state index is -0.175. The summed E-state index contributed by atoms with van der Waals surface area (Å²) < 4.78 is 13.1. The lowest BCUT2D eigenvalue weighted by Gasteiger charge is -2.22. The van der Waals surface area contributed by atoms with Crippen LogP contribution in [0.15, 0.2) is 48.5 Å². The minimum Gasteiger partial charge on any atom is -0.310 e. The third kappa shape index (κ3) is 4.40. The molecule has 2 aromatic rings. The topological polar surface area (TPSA) is 12.0 Å². The maximum atomic E-state index is 13.1. The van der Waals surface area contributed by atoms with Crippen molar-refractivity contribution in [3.63, 3.8) is 0 Å². The highest BCUT2D eigenvalue weighted by molar-refractivity contribution is 5.32. The monoisotopic (exact) mass is 285 g/mol. The molecule has 0 heterocycles.